The highest BCUT2D eigenvalue weighted by Crippen LogP contribution is 2.15. The van der Waals surface area contributed by atoms with Crippen molar-refractivity contribution in [2.45, 2.75) is 52.6 Å². The van der Waals surface area contributed by atoms with Crippen LogP contribution in [0.3, 0.4) is 0 Å². The van der Waals surface area contributed by atoms with E-state index in [1.165, 1.54) is 6.92 Å². The van der Waals surface area contributed by atoms with Gasteiger partial charge in [-0.1, -0.05) is 25.5 Å². The molecule has 1 aromatic heterocycles. The van der Waals surface area contributed by atoms with Crippen molar-refractivity contribution in [1.29, 1.82) is 0 Å². The fraction of sp³-hybridized carbons (Fsp3) is 0.421. The van der Waals surface area contributed by atoms with Gasteiger partial charge in [0, 0.05) is 11.3 Å². The minimum Gasteiger partial charge on any atom is -0.480 e. The summed E-state index contributed by atoms with van der Waals surface area (Å²) in [7, 11) is 0. The zero-order valence-electron chi connectivity index (χ0n) is 15.2. The van der Waals surface area contributed by atoms with Crippen molar-refractivity contribution in [3.05, 3.63) is 52.8 Å². The Balaban J connectivity index is 2.09. The second-order valence-electron chi connectivity index (χ2n) is 6.62. The largest absolute Gasteiger partial charge is 0.480 e. The molecule has 0 aliphatic heterocycles. The third kappa shape index (κ3) is 4.47. The Kier molecular flexibility index (Phi) is 5.62. The molecule has 2 N–H and O–H groups in total. The van der Waals surface area contributed by atoms with Crippen molar-refractivity contribution in [1.82, 2.24) is 15.1 Å². The van der Waals surface area contributed by atoms with E-state index >= 15 is 0 Å². The number of amides is 1. The van der Waals surface area contributed by atoms with Gasteiger partial charge in [-0.25, -0.2) is 4.79 Å². The molecule has 0 fully saturated rings. The number of hydrogen-bond donors (Lipinski definition) is 2. The average Bonchev–Trinajstić information content (AvgIpc) is 2.85. The van der Waals surface area contributed by atoms with Crippen LogP contribution in [0.25, 0.3) is 0 Å². The van der Waals surface area contributed by atoms with Gasteiger partial charge in [0.05, 0.1) is 12.2 Å². The Labute approximate surface area is 147 Å². The highest BCUT2D eigenvalue weighted by molar-refractivity contribution is 5.97. The Hall–Kier alpha value is -2.63. The van der Waals surface area contributed by atoms with Gasteiger partial charge in [0.2, 0.25) is 0 Å². The minimum absolute atomic E-state index is 0.379. The van der Waals surface area contributed by atoms with Crippen LogP contribution in [0.4, 0.5) is 0 Å². The van der Waals surface area contributed by atoms with Gasteiger partial charge in [0.25, 0.3) is 5.91 Å². The highest BCUT2D eigenvalue weighted by atomic mass is 16.4. The topological polar surface area (TPSA) is 84.2 Å². The summed E-state index contributed by atoms with van der Waals surface area (Å²) in [6, 6.07) is 9.17. The smallest absolute Gasteiger partial charge is 0.329 e. The number of aliphatic carboxylic acids is 1. The zero-order valence-corrected chi connectivity index (χ0v) is 15.2. The Morgan fingerprint density at radius 3 is 2.36 bits per heavy atom. The third-order valence-electron chi connectivity index (χ3n) is 4.26. The van der Waals surface area contributed by atoms with Crippen molar-refractivity contribution in [2.24, 2.45) is 0 Å². The lowest BCUT2D eigenvalue weighted by molar-refractivity contribution is -0.144. The summed E-state index contributed by atoms with van der Waals surface area (Å²) in [5.41, 5.74) is 2.26. The molecule has 1 atom stereocenters. The van der Waals surface area contributed by atoms with Gasteiger partial charge in [-0.3, -0.25) is 9.48 Å². The van der Waals surface area contributed by atoms with Crippen LogP contribution in [0, 0.1) is 13.8 Å². The van der Waals surface area contributed by atoms with Gasteiger partial charge in [-0.15, -0.1) is 0 Å². The summed E-state index contributed by atoms with van der Waals surface area (Å²) in [4.78, 5) is 23.8. The van der Waals surface area contributed by atoms with Gasteiger partial charge in [-0.05, 0) is 51.0 Å². The molecule has 6 nitrogen and oxygen atoms in total. The number of aromatic nitrogens is 2. The SMILES string of the molecule is CCCC(C)(NC(=O)c1ccc(Cn2nc(C)cc2C)cc1)C(=O)O. The molecule has 2 rings (SSSR count). The molecular weight excluding hydrogens is 318 g/mol. The maximum absolute atomic E-state index is 12.4. The number of benzene rings is 1. The van der Waals surface area contributed by atoms with Crippen LogP contribution in [0.1, 0.15) is 54.0 Å². The Bertz CT molecular complexity index is 765. The van der Waals surface area contributed by atoms with Gasteiger partial charge >= 0.3 is 5.97 Å². The molecule has 0 radical (unpaired) electrons. The summed E-state index contributed by atoms with van der Waals surface area (Å²) in [5.74, 6) is -1.40. The summed E-state index contributed by atoms with van der Waals surface area (Å²) < 4.78 is 1.91. The predicted molar refractivity (Wildman–Crippen MR) is 95.7 cm³/mol. The number of carbonyl (C=O) groups excluding carboxylic acids is 1. The fourth-order valence-corrected chi connectivity index (χ4v) is 2.82. The minimum atomic E-state index is -1.26. The third-order valence-corrected chi connectivity index (χ3v) is 4.26. The molecule has 2 aromatic rings. The molecule has 0 aliphatic carbocycles. The molecule has 6 heteroatoms. The van der Waals surface area contributed by atoms with E-state index < -0.39 is 11.5 Å². The van der Waals surface area contributed by atoms with E-state index in [1.54, 1.807) is 12.1 Å². The molecule has 0 spiro atoms. The molecule has 0 bridgehead atoms. The van der Waals surface area contributed by atoms with Crippen molar-refractivity contribution in [3.8, 4) is 0 Å². The summed E-state index contributed by atoms with van der Waals surface area (Å²) in [6.45, 7) is 8.01. The van der Waals surface area contributed by atoms with Crippen LogP contribution in [0.5, 0.6) is 0 Å². The molecule has 0 saturated heterocycles. The van der Waals surface area contributed by atoms with Crippen molar-refractivity contribution < 1.29 is 14.7 Å². The van der Waals surface area contributed by atoms with E-state index in [9.17, 15) is 14.7 Å². The lowest BCUT2D eigenvalue weighted by Crippen LogP contribution is -2.52. The number of rotatable bonds is 7. The fourth-order valence-electron chi connectivity index (χ4n) is 2.82. The quantitative estimate of drug-likeness (QED) is 0.809. The monoisotopic (exact) mass is 343 g/mol. The summed E-state index contributed by atoms with van der Waals surface area (Å²) in [6.07, 6.45) is 1.05. The number of nitrogens with zero attached hydrogens (tertiary/aromatic N) is 2. The zero-order chi connectivity index (χ0) is 18.6. The second kappa shape index (κ2) is 7.51. The van der Waals surface area contributed by atoms with E-state index in [1.807, 2.05) is 43.7 Å². The molecule has 0 aliphatic rings. The number of carboxylic acid groups (broad SMARTS) is 1. The van der Waals surface area contributed by atoms with Crippen LogP contribution >= 0.6 is 0 Å². The number of hydrogen-bond acceptors (Lipinski definition) is 3. The lowest BCUT2D eigenvalue weighted by atomic mass is 9.95. The van der Waals surface area contributed by atoms with E-state index in [2.05, 4.69) is 10.4 Å². The first-order valence-corrected chi connectivity index (χ1v) is 8.41. The number of aryl methyl sites for hydroxylation is 2. The predicted octanol–water partition coefficient (Wildman–Crippen LogP) is 2.92. The molecule has 0 saturated carbocycles. The van der Waals surface area contributed by atoms with Crippen LogP contribution in [0.2, 0.25) is 0 Å². The van der Waals surface area contributed by atoms with E-state index in [4.69, 9.17) is 0 Å². The number of carbonyl (C=O) groups is 2. The molecule has 25 heavy (non-hydrogen) atoms. The summed E-state index contributed by atoms with van der Waals surface area (Å²) >= 11 is 0. The van der Waals surface area contributed by atoms with E-state index in [0.717, 1.165) is 17.0 Å². The van der Waals surface area contributed by atoms with Crippen molar-refractivity contribution in [2.75, 3.05) is 0 Å². The first-order valence-electron chi connectivity index (χ1n) is 8.41. The first kappa shape index (κ1) is 18.7. The van der Waals surface area contributed by atoms with Crippen LogP contribution in [-0.4, -0.2) is 32.3 Å². The highest BCUT2D eigenvalue weighted by Gasteiger charge is 2.33. The molecule has 134 valence electrons. The molecule has 1 amide bonds. The molecular formula is C19H25N3O3. The second-order valence-corrected chi connectivity index (χ2v) is 6.62. The van der Waals surface area contributed by atoms with Crippen LogP contribution in [-0.2, 0) is 11.3 Å². The molecule has 1 aromatic carbocycles. The summed E-state index contributed by atoms with van der Waals surface area (Å²) in [5, 5.41) is 16.4. The number of nitrogens with one attached hydrogen (secondary N) is 1. The van der Waals surface area contributed by atoms with Gasteiger partial charge in [0.1, 0.15) is 5.54 Å². The van der Waals surface area contributed by atoms with Crippen LogP contribution in [0.15, 0.2) is 30.3 Å². The van der Waals surface area contributed by atoms with Crippen LogP contribution < -0.4 is 5.32 Å². The Morgan fingerprint density at radius 1 is 1.24 bits per heavy atom. The first-order chi connectivity index (χ1) is 11.7. The van der Waals surface area contributed by atoms with Gasteiger partial charge < -0.3 is 10.4 Å². The van der Waals surface area contributed by atoms with Gasteiger partial charge in [-0.2, -0.15) is 5.10 Å². The molecule has 1 heterocycles. The lowest BCUT2D eigenvalue weighted by Gasteiger charge is -2.25. The van der Waals surface area contributed by atoms with Gasteiger partial charge in [0.15, 0.2) is 0 Å². The normalized spacial score (nSPS) is 13.3. The van der Waals surface area contributed by atoms with Crippen molar-refractivity contribution >= 4 is 11.9 Å². The maximum Gasteiger partial charge on any atom is 0.329 e. The number of carboxylic acids is 1. The molecule has 1 unspecified atom stereocenters. The standard InChI is InChI=1S/C19H25N3O3/c1-5-10-19(4,18(24)25)20-17(23)16-8-6-15(7-9-16)12-22-14(3)11-13(2)21-22/h6-9,11H,5,10,12H2,1-4H3,(H,20,23)(H,24,25). The van der Waals surface area contributed by atoms with Crippen molar-refractivity contribution in [3.63, 3.8) is 0 Å². The van der Waals surface area contributed by atoms with E-state index in [0.29, 0.717) is 24.9 Å². The average molecular weight is 343 g/mol. The maximum atomic E-state index is 12.4. The Morgan fingerprint density at radius 2 is 1.88 bits per heavy atom. The van der Waals surface area contributed by atoms with E-state index in [-0.39, 0.29) is 5.91 Å².